The Morgan fingerprint density at radius 1 is 1.43 bits per heavy atom. The zero-order valence-corrected chi connectivity index (χ0v) is 11.6. The molecule has 0 N–H and O–H groups in total. The summed E-state index contributed by atoms with van der Waals surface area (Å²) in [7, 11) is 0. The van der Waals surface area contributed by atoms with Gasteiger partial charge in [-0.05, 0) is 17.6 Å². The van der Waals surface area contributed by atoms with Crippen LogP contribution in [0.15, 0.2) is 23.0 Å². The molecule has 1 atom stereocenters. The summed E-state index contributed by atoms with van der Waals surface area (Å²) in [5, 5.41) is 0. The molecule has 0 bridgehead atoms. The van der Waals surface area contributed by atoms with Crippen molar-refractivity contribution in [3.63, 3.8) is 0 Å². The van der Waals surface area contributed by atoms with E-state index in [-0.39, 0.29) is 0 Å². The van der Waals surface area contributed by atoms with Gasteiger partial charge in [0.2, 0.25) is 0 Å². The Balaban J connectivity index is 3.79. The van der Waals surface area contributed by atoms with Crippen LogP contribution in [0.4, 0.5) is 0 Å². The van der Waals surface area contributed by atoms with Gasteiger partial charge in [0.05, 0.1) is 0 Å². The Morgan fingerprint density at radius 2 is 2.00 bits per heavy atom. The first kappa shape index (κ1) is 14.2. The van der Waals surface area contributed by atoms with Crippen LogP contribution in [0.3, 0.4) is 0 Å². The first-order chi connectivity index (χ1) is 6.38. The SMILES string of the molecule is C=C(SC)SC/C=C/C(C)C(C)(C)C. The van der Waals surface area contributed by atoms with Gasteiger partial charge < -0.3 is 0 Å². The van der Waals surface area contributed by atoms with E-state index >= 15 is 0 Å². The van der Waals surface area contributed by atoms with Gasteiger partial charge in [0, 0.05) is 9.99 Å². The van der Waals surface area contributed by atoms with E-state index in [1.807, 2.05) is 11.8 Å². The molecule has 0 nitrogen and oxygen atoms in total. The minimum atomic E-state index is 0.373. The van der Waals surface area contributed by atoms with Crippen LogP contribution in [-0.4, -0.2) is 12.0 Å². The van der Waals surface area contributed by atoms with Crippen LogP contribution in [-0.2, 0) is 0 Å². The molecule has 0 aromatic heterocycles. The van der Waals surface area contributed by atoms with Crippen LogP contribution < -0.4 is 0 Å². The lowest BCUT2D eigenvalue weighted by Gasteiger charge is -2.24. The molecule has 0 heterocycles. The highest BCUT2D eigenvalue weighted by Crippen LogP contribution is 2.27. The maximum atomic E-state index is 3.93. The first-order valence-electron chi connectivity index (χ1n) is 4.90. The molecule has 0 aliphatic rings. The van der Waals surface area contributed by atoms with Crippen molar-refractivity contribution in [2.75, 3.05) is 12.0 Å². The summed E-state index contributed by atoms with van der Waals surface area (Å²) in [4.78, 5) is 0. The molecule has 0 fully saturated rings. The average molecular weight is 230 g/mol. The monoisotopic (exact) mass is 230 g/mol. The molecule has 0 radical (unpaired) electrons. The zero-order valence-electron chi connectivity index (χ0n) is 9.96. The molecule has 0 spiro atoms. The van der Waals surface area contributed by atoms with Crippen LogP contribution in [0, 0.1) is 11.3 Å². The van der Waals surface area contributed by atoms with E-state index in [1.165, 1.54) is 4.24 Å². The molecule has 82 valence electrons. The maximum Gasteiger partial charge on any atom is 0.0328 e. The summed E-state index contributed by atoms with van der Waals surface area (Å²) in [5.41, 5.74) is 0.373. The van der Waals surface area contributed by atoms with Gasteiger partial charge >= 0.3 is 0 Å². The summed E-state index contributed by atoms with van der Waals surface area (Å²) in [5.74, 6) is 1.67. The molecule has 0 aliphatic carbocycles. The van der Waals surface area contributed by atoms with Crippen molar-refractivity contribution in [1.29, 1.82) is 0 Å². The molecule has 0 aliphatic heterocycles. The largest absolute Gasteiger partial charge is 0.123 e. The fraction of sp³-hybridized carbons (Fsp3) is 0.667. The average Bonchev–Trinajstić information content (AvgIpc) is 2.09. The molecule has 0 saturated carbocycles. The molecule has 0 aromatic rings. The predicted octanol–water partition coefficient (Wildman–Crippen LogP) is 4.79. The summed E-state index contributed by atoms with van der Waals surface area (Å²) in [6.07, 6.45) is 6.62. The fourth-order valence-corrected chi connectivity index (χ4v) is 1.82. The standard InChI is InChI=1S/C12H22S2/c1-10(12(3,4)5)8-7-9-14-11(2)13-6/h7-8,10H,2,9H2,1,3-6H3/b8-7+. The molecule has 0 saturated heterocycles. The van der Waals surface area contributed by atoms with Gasteiger partial charge in [-0.2, -0.15) is 0 Å². The fourth-order valence-electron chi connectivity index (χ4n) is 0.748. The quantitative estimate of drug-likeness (QED) is 0.623. The molecular weight excluding hydrogens is 208 g/mol. The van der Waals surface area contributed by atoms with E-state index in [4.69, 9.17) is 0 Å². The highest BCUT2D eigenvalue weighted by Gasteiger charge is 2.16. The maximum absolute atomic E-state index is 3.93. The lowest BCUT2D eigenvalue weighted by molar-refractivity contribution is 0.314. The van der Waals surface area contributed by atoms with Gasteiger partial charge in [0.25, 0.3) is 0 Å². The second kappa shape index (κ2) is 6.62. The highest BCUT2D eigenvalue weighted by atomic mass is 32.2. The van der Waals surface area contributed by atoms with E-state index in [0.717, 1.165) is 5.75 Å². The Morgan fingerprint density at radius 3 is 2.43 bits per heavy atom. The normalized spacial score (nSPS) is 14.6. The molecule has 0 amide bonds. The molecular formula is C12H22S2. The van der Waals surface area contributed by atoms with Crippen LogP contribution in [0.5, 0.6) is 0 Å². The number of allylic oxidation sites excluding steroid dienone is 1. The molecule has 0 aromatic carbocycles. The van der Waals surface area contributed by atoms with Crippen LogP contribution in [0.25, 0.3) is 0 Å². The lowest BCUT2D eigenvalue weighted by Crippen LogP contribution is -2.14. The molecule has 2 heteroatoms. The van der Waals surface area contributed by atoms with E-state index < -0.39 is 0 Å². The van der Waals surface area contributed by atoms with Gasteiger partial charge in [-0.3, -0.25) is 0 Å². The van der Waals surface area contributed by atoms with E-state index in [9.17, 15) is 0 Å². The van der Waals surface area contributed by atoms with Crippen LogP contribution in [0.2, 0.25) is 0 Å². The minimum Gasteiger partial charge on any atom is -0.123 e. The van der Waals surface area contributed by atoms with Crippen molar-refractivity contribution >= 4 is 23.5 Å². The summed E-state index contributed by atoms with van der Waals surface area (Å²) >= 11 is 3.53. The van der Waals surface area contributed by atoms with Gasteiger partial charge in [0.15, 0.2) is 0 Å². The van der Waals surface area contributed by atoms with Crippen molar-refractivity contribution in [1.82, 2.24) is 0 Å². The number of rotatable bonds is 5. The Bertz CT molecular complexity index is 199. The van der Waals surface area contributed by atoms with Gasteiger partial charge in [0.1, 0.15) is 0 Å². The highest BCUT2D eigenvalue weighted by molar-refractivity contribution is 8.21. The summed E-state index contributed by atoms with van der Waals surface area (Å²) in [6, 6.07) is 0. The predicted molar refractivity (Wildman–Crippen MR) is 72.9 cm³/mol. The molecule has 1 unspecified atom stereocenters. The van der Waals surface area contributed by atoms with Gasteiger partial charge in [-0.1, -0.05) is 46.4 Å². The third kappa shape index (κ3) is 6.61. The Hall–Kier alpha value is 0.180. The van der Waals surface area contributed by atoms with Crippen molar-refractivity contribution in [3.8, 4) is 0 Å². The minimum absolute atomic E-state index is 0.373. The van der Waals surface area contributed by atoms with E-state index in [2.05, 4.69) is 52.7 Å². The Kier molecular flexibility index (Phi) is 6.71. The van der Waals surface area contributed by atoms with E-state index in [1.54, 1.807) is 11.8 Å². The van der Waals surface area contributed by atoms with Gasteiger partial charge in [-0.15, -0.1) is 23.5 Å². The molecule has 14 heavy (non-hydrogen) atoms. The molecule has 0 rings (SSSR count). The second-order valence-electron chi connectivity index (χ2n) is 4.47. The van der Waals surface area contributed by atoms with Crippen LogP contribution in [0.1, 0.15) is 27.7 Å². The topological polar surface area (TPSA) is 0 Å². The smallest absolute Gasteiger partial charge is 0.0328 e. The van der Waals surface area contributed by atoms with E-state index in [0.29, 0.717) is 11.3 Å². The van der Waals surface area contributed by atoms with Crippen molar-refractivity contribution in [3.05, 3.63) is 23.0 Å². The second-order valence-corrected chi connectivity index (χ2v) is 6.74. The zero-order chi connectivity index (χ0) is 11.2. The summed E-state index contributed by atoms with van der Waals surface area (Å²) < 4.78 is 1.19. The number of thioether (sulfide) groups is 2. The summed E-state index contributed by atoms with van der Waals surface area (Å²) in [6.45, 7) is 13.0. The van der Waals surface area contributed by atoms with Crippen LogP contribution >= 0.6 is 23.5 Å². The third-order valence-electron chi connectivity index (χ3n) is 2.36. The number of hydrogen-bond donors (Lipinski definition) is 0. The lowest BCUT2D eigenvalue weighted by atomic mass is 9.82. The van der Waals surface area contributed by atoms with Crippen molar-refractivity contribution in [2.24, 2.45) is 11.3 Å². The van der Waals surface area contributed by atoms with Crippen molar-refractivity contribution in [2.45, 2.75) is 27.7 Å². The van der Waals surface area contributed by atoms with Gasteiger partial charge in [-0.25, -0.2) is 0 Å². The Labute approximate surface area is 97.6 Å². The number of hydrogen-bond acceptors (Lipinski definition) is 2. The van der Waals surface area contributed by atoms with Crippen molar-refractivity contribution < 1.29 is 0 Å². The first-order valence-corrected chi connectivity index (χ1v) is 7.11. The third-order valence-corrected chi connectivity index (χ3v) is 4.35.